The second-order valence-corrected chi connectivity index (χ2v) is 8.84. The van der Waals surface area contributed by atoms with E-state index in [1.165, 1.54) is 15.5 Å². The number of ether oxygens (including phenoxy) is 2. The summed E-state index contributed by atoms with van der Waals surface area (Å²) in [4.78, 5) is 41.0. The van der Waals surface area contributed by atoms with Crippen LogP contribution in [0.15, 0.2) is 47.3 Å². The number of aromatic nitrogens is 1. The van der Waals surface area contributed by atoms with E-state index in [1.807, 2.05) is 12.1 Å². The second-order valence-electron chi connectivity index (χ2n) is 8.84. The molecule has 0 bridgehead atoms. The number of hydrogen-bond donors (Lipinski definition) is 2. The predicted octanol–water partition coefficient (Wildman–Crippen LogP) is 2.50. The van der Waals surface area contributed by atoms with E-state index in [1.54, 1.807) is 19.2 Å². The van der Waals surface area contributed by atoms with Gasteiger partial charge in [0.05, 0.1) is 32.1 Å². The van der Waals surface area contributed by atoms with Crippen LogP contribution >= 0.6 is 0 Å². The van der Waals surface area contributed by atoms with Crippen molar-refractivity contribution in [1.29, 1.82) is 0 Å². The van der Waals surface area contributed by atoms with Crippen molar-refractivity contribution in [2.45, 2.75) is 25.7 Å². The number of carbonyl (C=O) groups is 2. The molecule has 2 aromatic carbocycles. The van der Waals surface area contributed by atoms with Crippen LogP contribution in [-0.2, 0) is 24.4 Å². The minimum atomic E-state index is -1.03. The smallest absolute Gasteiger partial charge is 0.274 e. The van der Waals surface area contributed by atoms with Crippen molar-refractivity contribution in [1.82, 2.24) is 14.8 Å². The largest absolute Gasteiger partial charge is 0.503 e. The summed E-state index contributed by atoms with van der Waals surface area (Å²) in [5.74, 6) is -3.20. The van der Waals surface area contributed by atoms with Crippen molar-refractivity contribution in [3.05, 3.63) is 92.4 Å². The number of hydrogen-bond acceptors (Lipinski definition) is 6. The predicted molar refractivity (Wildman–Crippen MR) is 126 cm³/mol. The molecule has 0 fully saturated rings. The monoisotopic (exact) mass is 511 g/mol. The lowest BCUT2D eigenvalue weighted by atomic mass is 10.0. The first-order chi connectivity index (χ1) is 17.8. The van der Waals surface area contributed by atoms with Gasteiger partial charge in [0.25, 0.3) is 11.8 Å². The molecule has 1 unspecified atom stereocenters. The Morgan fingerprint density at radius 3 is 2.65 bits per heavy atom. The highest BCUT2D eigenvalue weighted by Crippen LogP contribution is 2.33. The Hall–Kier alpha value is -4.25. The minimum absolute atomic E-state index is 0.0177. The van der Waals surface area contributed by atoms with E-state index in [0.29, 0.717) is 11.8 Å². The fourth-order valence-corrected chi connectivity index (χ4v) is 4.71. The standard InChI is InChI=1S/C26H23F2N3O6/c1-36-18-6-2-14(3-7-18)10-30-11-17-12-37-13-20-21(23(32)24(33)22(26(30)35)31(17)20)25(34)29-9-15-4-5-16(27)8-19(15)28/h2-8,17,33H,9-13H2,1H3,(H,29,34). The molecular formula is C26H23F2N3O6. The molecule has 5 rings (SSSR count). The number of carbonyl (C=O) groups excluding carboxylic acids is 2. The van der Waals surface area contributed by atoms with Crippen LogP contribution in [0.4, 0.5) is 8.78 Å². The molecular weight excluding hydrogens is 488 g/mol. The molecule has 2 amide bonds. The maximum absolute atomic E-state index is 14.0. The Kier molecular flexibility index (Phi) is 6.38. The van der Waals surface area contributed by atoms with E-state index in [0.717, 1.165) is 11.6 Å². The number of rotatable bonds is 6. The first-order valence-corrected chi connectivity index (χ1v) is 11.5. The molecule has 3 heterocycles. The van der Waals surface area contributed by atoms with E-state index < -0.39 is 40.7 Å². The number of pyridine rings is 1. The maximum atomic E-state index is 14.0. The third-order valence-corrected chi connectivity index (χ3v) is 6.54. The van der Waals surface area contributed by atoms with Crippen molar-refractivity contribution in [2.75, 3.05) is 20.3 Å². The van der Waals surface area contributed by atoms with Crippen LogP contribution in [0.25, 0.3) is 0 Å². The molecule has 1 aromatic heterocycles. The van der Waals surface area contributed by atoms with Gasteiger partial charge in [0.15, 0.2) is 11.4 Å². The van der Waals surface area contributed by atoms with Gasteiger partial charge in [-0.05, 0) is 23.8 Å². The molecule has 0 radical (unpaired) electrons. The molecule has 0 spiro atoms. The highest BCUT2D eigenvalue weighted by molar-refractivity contribution is 6.00. The van der Waals surface area contributed by atoms with Gasteiger partial charge in [-0.25, -0.2) is 8.78 Å². The third kappa shape index (κ3) is 4.42. The Labute approximate surface area is 209 Å². The molecule has 0 saturated heterocycles. The Morgan fingerprint density at radius 2 is 1.95 bits per heavy atom. The van der Waals surface area contributed by atoms with Gasteiger partial charge in [0.2, 0.25) is 5.43 Å². The Balaban J connectivity index is 1.46. The summed E-state index contributed by atoms with van der Waals surface area (Å²) in [6.45, 7) is 0.225. The number of nitrogens with one attached hydrogen (secondary N) is 1. The normalized spacial score (nSPS) is 16.4. The molecule has 192 valence electrons. The lowest BCUT2D eigenvalue weighted by molar-refractivity contribution is 0.0228. The van der Waals surface area contributed by atoms with Crippen LogP contribution in [0.3, 0.4) is 0 Å². The van der Waals surface area contributed by atoms with E-state index in [2.05, 4.69) is 5.32 Å². The average molecular weight is 511 g/mol. The molecule has 37 heavy (non-hydrogen) atoms. The van der Waals surface area contributed by atoms with Crippen molar-refractivity contribution >= 4 is 11.8 Å². The molecule has 0 saturated carbocycles. The van der Waals surface area contributed by atoms with Gasteiger partial charge in [-0.3, -0.25) is 14.4 Å². The van der Waals surface area contributed by atoms with E-state index in [-0.39, 0.29) is 55.4 Å². The van der Waals surface area contributed by atoms with Gasteiger partial charge in [-0.1, -0.05) is 18.2 Å². The quantitative estimate of drug-likeness (QED) is 0.526. The van der Waals surface area contributed by atoms with Crippen LogP contribution in [0.1, 0.15) is 43.7 Å². The number of aromatic hydroxyl groups is 1. The number of amides is 2. The summed E-state index contributed by atoms with van der Waals surface area (Å²) >= 11 is 0. The lowest BCUT2D eigenvalue weighted by Gasteiger charge is -2.40. The van der Waals surface area contributed by atoms with Crippen molar-refractivity contribution in [3.8, 4) is 11.5 Å². The Bertz CT molecular complexity index is 1450. The summed E-state index contributed by atoms with van der Waals surface area (Å²) in [6.07, 6.45) is 0. The summed E-state index contributed by atoms with van der Waals surface area (Å²) in [7, 11) is 1.55. The topological polar surface area (TPSA) is 110 Å². The molecule has 0 aliphatic carbocycles. The van der Waals surface area contributed by atoms with Crippen molar-refractivity contribution in [2.24, 2.45) is 0 Å². The summed E-state index contributed by atoms with van der Waals surface area (Å²) in [5, 5.41) is 13.2. The van der Waals surface area contributed by atoms with E-state index in [4.69, 9.17) is 9.47 Å². The van der Waals surface area contributed by atoms with Crippen LogP contribution in [0.5, 0.6) is 11.5 Å². The maximum Gasteiger partial charge on any atom is 0.274 e. The number of methoxy groups -OCH3 is 1. The minimum Gasteiger partial charge on any atom is -0.503 e. The van der Waals surface area contributed by atoms with Gasteiger partial charge in [0.1, 0.15) is 22.9 Å². The lowest BCUT2D eigenvalue weighted by Crippen LogP contribution is -2.49. The molecule has 3 aromatic rings. The fourth-order valence-electron chi connectivity index (χ4n) is 4.71. The SMILES string of the molecule is COc1ccc(CN2CC3COCc4c(C(=O)NCc5ccc(F)cc5F)c(=O)c(O)c(n43)C2=O)cc1. The van der Waals surface area contributed by atoms with Gasteiger partial charge >= 0.3 is 0 Å². The third-order valence-electron chi connectivity index (χ3n) is 6.54. The first kappa shape index (κ1) is 24.4. The molecule has 1 atom stereocenters. The highest BCUT2D eigenvalue weighted by atomic mass is 19.1. The number of nitrogens with zero attached hydrogens (tertiary/aromatic N) is 2. The summed E-state index contributed by atoms with van der Waals surface area (Å²) < 4.78 is 39.5. The number of benzene rings is 2. The van der Waals surface area contributed by atoms with Crippen LogP contribution < -0.4 is 15.5 Å². The number of halogens is 2. The molecule has 2 N–H and O–H groups in total. The van der Waals surface area contributed by atoms with Crippen LogP contribution in [0.2, 0.25) is 0 Å². The van der Waals surface area contributed by atoms with Crippen LogP contribution in [0, 0.1) is 11.6 Å². The average Bonchev–Trinajstić information content (AvgIpc) is 2.88. The van der Waals surface area contributed by atoms with Gasteiger partial charge < -0.3 is 29.4 Å². The van der Waals surface area contributed by atoms with Crippen LogP contribution in [-0.4, -0.2) is 46.6 Å². The molecule has 9 nitrogen and oxygen atoms in total. The summed E-state index contributed by atoms with van der Waals surface area (Å²) in [6, 6.07) is 9.64. The van der Waals surface area contributed by atoms with Gasteiger partial charge in [0, 0.05) is 31.3 Å². The zero-order chi connectivity index (χ0) is 26.3. The molecule has 11 heteroatoms. The van der Waals surface area contributed by atoms with E-state index in [9.17, 15) is 28.3 Å². The second kappa shape index (κ2) is 9.66. The van der Waals surface area contributed by atoms with E-state index >= 15 is 0 Å². The zero-order valence-electron chi connectivity index (χ0n) is 19.8. The highest BCUT2D eigenvalue weighted by Gasteiger charge is 2.40. The summed E-state index contributed by atoms with van der Waals surface area (Å²) in [5.41, 5.74) is -0.612. The molecule has 2 aliphatic heterocycles. The first-order valence-electron chi connectivity index (χ1n) is 11.5. The van der Waals surface area contributed by atoms with Crippen molar-refractivity contribution in [3.63, 3.8) is 0 Å². The zero-order valence-corrected chi connectivity index (χ0v) is 19.8. The van der Waals surface area contributed by atoms with Crippen molar-refractivity contribution < 1.29 is 33.0 Å². The Morgan fingerprint density at radius 1 is 1.19 bits per heavy atom. The van der Waals surface area contributed by atoms with Gasteiger partial charge in [-0.15, -0.1) is 0 Å². The fraction of sp³-hybridized carbons (Fsp3) is 0.269. The van der Waals surface area contributed by atoms with Gasteiger partial charge in [-0.2, -0.15) is 0 Å². The molecule has 2 aliphatic rings.